The first-order valence-corrected chi connectivity index (χ1v) is 7.51. The quantitative estimate of drug-likeness (QED) is 0.728. The molecule has 0 radical (unpaired) electrons. The van der Waals surface area contributed by atoms with Gasteiger partial charge in [-0.15, -0.1) is 0 Å². The molecule has 2 heterocycles. The van der Waals surface area contributed by atoms with Crippen molar-refractivity contribution in [2.24, 2.45) is 0 Å². The number of imidazole rings is 1. The third-order valence-corrected chi connectivity index (χ3v) is 4.82. The van der Waals surface area contributed by atoms with E-state index < -0.39 is 24.1 Å². The van der Waals surface area contributed by atoms with Gasteiger partial charge in [-0.05, 0) is 29.7 Å². The van der Waals surface area contributed by atoms with E-state index in [2.05, 4.69) is 9.97 Å². The number of nitrogens with zero attached hydrogens (tertiary/aromatic N) is 2. The molecule has 0 saturated carbocycles. The van der Waals surface area contributed by atoms with Crippen LogP contribution in [0.15, 0.2) is 12.1 Å². The second kappa shape index (κ2) is 4.89. The number of alkyl halides is 6. The molecule has 1 N–H and O–H groups in total. The molecular weight excluding hydrogens is 352 g/mol. The minimum absolute atomic E-state index is 0.0897. The maximum Gasteiger partial charge on any atom is 0.471 e. The van der Waals surface area contributed by atoms with Gasteiger partial charge in [0.1, 0.15) is 0 Å². The molecule has 134 valence electrons. The smallest absolute Gasteiger partial charge is 0.334 e. The molecule has 25 heavy (non-hydrogen) atoms. The Morgan fingerprint density at radius 2 is 1.68 bits per heavy atom. The third-order valence-electron chi connectivity index (χ3n) is 4.82. The second-order valence-electron chi connectivity index (χ2n) is 6.42. The number of piperidine rings is 1. The lowest BCUT2D eigenvalue weighted by atomic mass is 9.95. The SMILES string of the molecule is O=C(N1C[C@H]2C[C@@H](C1)c1cc3[nH]c(C(F)(F)F)nc3cc12)C(F)(F)F. The predicted molar refractivity (Wildman–Crippen MR) is 73.8 cm³/mol. The summed E-state index contributed by atoms with van der Waals surface area (Å²) in [6, 6.07) is 3.00. The van der Waals surface area contributed by atoms with Crippen molar-refractivity contribution in [2.45, 2.75) is 30.6 Å². The molecule has 1 aliphatic carbocycles. The van der Waals surface area contributed by atoms with Gasteiger partial charge in [0.05, 0.1) is 11.0 Å². The highest BCUT2D eigenvalue weighted by Gasteiger charge is 2.48. The zero-order valence-electron chi connectivity index (χ0n) is 12.5. The van der Waals surface area contributed by atoms with E-state index in [1.165, 1.54) is 12.1 Å². The monoisotopic (exact) mass is 363 g/mol. The maximum absolute atomic E-state index is 12.8. The Balaban J connectivity index is 1.70. The Hall–Kier alpha value is -2.26. The van der Waals surface area contributed by atoms with Gasteiger partial charge in [0, 0.05) is 24.9 Å². The van der Waals surface area contributed by atoms with Crippen molar-refractivity contribution in [3.63, 3.8) is 0 Å². The summed E-state index contributed by atoms with van der Waals surface area (Å²) in [5, 5.41) is 0. The zero-order chi connectivity index (χ0) is 18.1. The number of benzene rings is 1. The minimum atomic E-state index is -4.93. The van der Waals surface area contributed by atoms with E-state index in [1.807, 2.05) is 0 Å². The van der Waals surface area contributed by atoms with Crippen LogP contribution in [0.5, 0.6) is 0 Å². The summed E-state index contributed by atoms with van der Waals surface area (Å²) < 4.78 is 76.3. The van der Waals surface area contributed by atoms with Gasteiger partial charge in [-0.25, -0.2) is 4.98 Å². The summed E-state index contributed by atoms with van der Waals surface area (Å²) in [6.45, 7) is -0.183. The van der Waals surface area contributed by atoms with E-state index in [9.17, 15) is 31.1 Å². The molecule has 1 aromatic carbocycles. The molecule has 1 fully saturated rings. The molecular formula is C15H11F6N3O. The number of halogens is 6. The van der Waals surface area contributed by atoms with Gasteiger partial charge < -0.3 is 9.88 Å². The first-order chi connectivity index (χ1) is 11.5. The lowest BCUT2D eigenvalue weighted by Crippen LogP contribution is -2.46. The predicted octanol–water partition coefficient (Wildman–Crippen LogP) is 3.56. The summed E-state index contributed by atoms with van der Waals surface area (Å²) in [7, 11) is 0. The van der Waals surface area contributed by atoms with Crippen LogP contribution in [-0.4, -0.2) is 40.0 Å². The Labute approximate surface area is 136 Å². The second-order valence-corrected chi connectivity index (χ2v) is 6.42. The fraction of sp³-hybridized carbons (Fsp3) is 0.467. The van der Waals surface area contributed by atoms with E-state index in [0.717, 1.165) is 4.90 Å². The molecule has 2 aliphatic rings. The first-order valence-electron chi connectivity index (χ1n) is 7.51. The fourth-order valence-corrected chi connectivity index (χ4v) is 3.83. The van der Waals surface area contributed by atoms with Crippen LogP contribution in [0.25, 0.3) is 11.0 Å². The Morgan fingerprint density at radius 1 is 1.08 bits per heavy atom. The van der Waals surface area contributed by atoms with Crippen molar-refractivity contribution < 1.29 is 31.1 Å². The van der Waals surface area contributed by atoms with Crippen LogP contribution < -0.4 is 0 Å². The van der Waals surface area contributed by atoms with Crippen molar-refractivity contribution in [2.75, 3.05) is 13.1 Å². The van der Waals surface area contributed by atoms with Crippen LogP contribution in [0.2, 0.25) is 0 Å². The van der Waals surface area contributed by atoms with Gasteiger partial charge in [0.15, 0.2) is 0 Å². The van der Waals surface area contributed by atoms with Crippen molar-refractivity contribution >= 4 is 16.9 Å². The van der Waals surface area contributed by atoms with Crippen molar-refractivity contribution in [1.29, 1.82) is 0 Å². The number of likely N-dealkylation sites (tertiary alicyclic amines) is 1. The molecule has 10 heteroatoms. The Morgan fingerprint density at radius 3 is 2.24 bits per heavy atom. The number of aromatic amines is 1. The Kier molecular flexibility index (Phi) is 3.17. The van der Waals surface area contributed by atoms with Crippen LogP contribution in [0.1, 0.15) is 35.2 Å². The molecule has 4 nitrogen and oxygen atoms in total. The number of carbonyl (C=O) groups excluding carboxylic acids is 1. The van der Waals surface area contributed by atoms with Gasteiger partial charge in [-0.3, -0.25) is 4.79 Å². The molecule has 2 atom stereocenters. The normalized spacial score (nSPS) is 23.2. The highest BCUT2D eigenvalue weighted by Crippen LogP contribution is 2.47. The number of aromatic nitrogens is 2. The molecule has 0 spiro atoms. The van der Waals surface area contributed by atoms with Crippen LogP contribution >= 0.6 is 0 Å². The van der Waals surface area contributed by atoms with E-state index in [1.54, 1.807) is 0 Å². The number of amides is 1. The van der Waals surface area contributed by atoms with Gasteiger partial charge in [0.2, 0.25) is 5.82 Å². The number of H-pyrrole nitrogens is 1. The molecule has 0 unspecified atom stereocenters. The lowest BCUT2D eigenvalue weighted by molar-refractivity contribution is -0.186. The van der Waals surface area contributed by atoms with Crippen LogP contribution in [0, 0.1) is 0 Å². The molecule has 4 rings (SSSR count). The van der Waals surface area contributed by atoms with Crippen LogP contribution in [-0.2, 0) is 11.0 Å². The van der Waals surface area contributed by atoms with Crippen molar-refractivity contribution in [3.8, 4) is 0 Å². The zero-order valence-corrected chi connectivity index (χ0v) is 12.5. The molecule has 1 aliphatic heterocycles. The lowest BCUT2D eigenvalue weighted by Gasteiger charge is -2.32. The van der Waals surface area contributed by atoms with Gasteiger partial charge in [-0.1, -0.05) is 0 Å². The number of fused-ring (bicyclic) bond motifs is 6. The number of nitrogens with one attached hydrogen (secondary N) is 1. The largest absolute Gasteiger partial charge is 0.471 e. The summed E-state index contributed by atoms with van der Waals surface area (Å²) in [4.78, 5) is 18.0. The number of hydrogen-bond acceptors (Lipinski definition) is 2. The van der Waals surface area contributed by atoms with E-state index >= 15 is 0 Å². The maximum atomic E-state index is 12.8. The summed E-state index contributed by atoms with van der Waals surface area (Å²) in [5.74, 6) is -3.62. The minimum Gasteiger partial charge on any atom is -0.334 e. The average molecular weight is 363 g/mol. The van der Waals surface area contributed by atoms with Crippen LogP contribution in [0.3, 0.4) is 0 Å². The number of hydrogen-bond donors (Lipinski definition) is 1. The van der Waals surface area contributed by atoms with Gasteiger partial charge >= 0.3 is 18.3 Å². The highest BCUT2D eigenvalue weighted by molar-refractivity contribution is 5.83. The molecule has 2 bridgehead atoms. The van der Waals surface area contributed by atoms with E-state index in [-0.39, 0.29) is 36.0 Å². The molecule has 1 saturated heterocycles. The third kappa shape index (κ3) is 2.54. The standard InChI is InChI=1S/C15H11F6N3O/c16-14(17,18)12-22-10-2-8-6-1-7(9(8)3-11(10)23-12)5-24(4-6)13(25)15(19,20)21/h2-3,6-7H,1,4-5H2,(H,22,23)/t6-,7+. The van der Waals surface area contributed by atoms with E-state index in [0.29, 0.717) is 17.5 Å². The summed E-state index contributed by atoms with van der Waals surface area (Å²) in [5.41, 5.74) is 1.67. The first kappa shape index (κ1) is 16.2. The number of rotatable bonds is 0. The Bertz CT molecular complexity index is 819. The van der Waals surface area contributed by atoms with Crippen LogP contribution in [0.4, 0.5) is 26.3 Å². The summed E-state index contributed by atoms with van der Waals surface area (Å²) in [6.07, 6.45) is -8.96. The summed E-state index contributed by atoms with van der Waals surface area (Å²) >= 11 is 0. The topological polar surface area (TPSA) is 49.0 Å². The van der Waals surface area contributed by atoms with E-state index in [4.69, 9.17) is 0 Å². The average Bonchev–Trinajstić information content (AvgIpc) is 3.03. The molecule has 1 amide bonds. The van der Waals surface area contributed by atoms with Gasteiger partial charge in [-0.2, -0.15) is 26.3 Å². The van der Waals surface area contributed by atoms with Gasteiger partial charge in [0.25, 0.3) is 0 Å². The fourth-order valence-electron chi connectivity index (χ4n) is 3.83. The highest BCUT2D eigenvalue weighted by atomic mass is 19.4. The van der Waals surface area contributed by atoms with Crippen molar-refractivity contribution in [1.82, 2.24) is 14.9 Å². The van der Waals surface area contributed by atoms with Crippen molar-refractivity contribution in [3.05, 3.63) is 29.1 Å². The molecule has 1 aromatic heterocycles. The number of carbonyl (C=O) groups is 1. The molecule has 2 aromatic rings.